The highest BCUT2D eigenvalue weighted by Gasteiger charge is 2.32. The standard InChI is InChI=1S/C20H21BrClFN4O3/c1-20(2,3)30-19(29)26-5-4-10(7-26)27-9-24-17-13(8-28)25-16-11(18(17)27)6-12(22)14(21)15(16)23/h6,9-10,28H,4-5,7-8H2,1-3H3. The molecule has 3 aromatic rings. The summed E-state index contributed by atoms with van der Waals surface area (Å²) in [5, 5.41) is 10.5. The average Bonchev–Trinajstić information content (AvgIpc) is 3.31. The molecule has 0 spiro atoms. The number of rotatable bonds is 2. The molecule has 1 fully saturated rings. The Labute approximate surface area is 185 Å². The van der Waals surface area contributed by atoms with E-state index in [1.807, 2.05) is 25.3 Å². The number of halogens is 3. The van der Waals surface area contributed by atoms with Crippen LogP contribution in [0.25, 0.3) is 21.9 Å². The van der Waals surface area contributed by atoms with Crippen molar-refractivity contribution >= 4 is 55.6 Å². The Bertz CT molecular complexity index is 1160. The summed E-state index contributed by atoms with van der Waals surface area (Å²) in [4.78, 5) is 22.8. The first-order valence-electron chi connectivity index (χ1n) is 9.52. The van der Waals surface area contributed by atoms with Gasteiger partial charge in [-0.1, -0.05) is 11.6 Å². The number of nitrogens with zero attached hydrogens (tertiary/aromatic N) is 4. The monoisotopic (exact) mass is 498 g/mol. The topological polar surface area (TPSA) is 80.5 Å². The zero-order valence-corrected chi connectivity index (χ0v) is 19.1. The Balaban J connectivity index is 1.80. The Hall–Kier alpha value is -1.97. The van der Waals surface area contributed by atoms with Crippen molar-refractivity contribution in [3.63, 3.8) is 0 Å². The van der Waals surface area contributed by atoms with Gasteiger partial charge in [0.05, 0.1) is 39.7 Å². The molecule has 7 nitrogen and oxygen atoms in total. The summed E-state index contributed by atoms with van der Waals surface area (Å²) in [6.07, 6.45) is 1.97. The summed E-state index contributed by atoms with van der Waals surface area (Å²) in [5.41, 5.74) is 0.931. The van der Waals surface area contributed by atoms with Crippen LogP contribution in [0, 0.1) is 5.82 Å². The number of hydrogen-bond acceptors (Lipinski definition) is 5. The Morgan fingerprint density at radius 1 is 1.43 bits per heavy atom. The molecule has 1 aliphatic rings. The molecule has 0 bridgehead atoms. The summed E-state index contributed by atoms with van der Waals surface area (Å²) < 4.78 is 22.4. The van der Waals surface area contributed by atoms with Gasteiger partial charge in [-0.05, 0) is 49.2 Å². The highest BCUT2D eigenvalue weighted by molar-refractivity contribution is 9.10. The van der Waals surface area contributed by atoms with Gasteiger partial charge in [0, 0.05) is 18.5 Å². The van der Waals surface area contributed by atoms with Crippen molar-refractivity contribution in [2.45, 2.75) is 45.4 Å². The molecule has 0 radical (unpaired) electrons. The van der Waals surface area contributed by atoms with Crippen LogP contribution < -0.4 is 0 Å². The number of aliphatic hydroxyl groups excluding tert-OH is 1. The lowest BCUT2D eigenvalue weighted by Crippen LogP contribution is -2.35. The number of hydrogen-bond donors (Lipinski definition) is 1. The highest BCUT2D eigenvalue weighted by Crippen LogP contribution is 2.37. The Kier molecular flexibility index (Phi) is 5.40. The number of aromatic nitrogens is 3. The number of amides is 1. The second-order valence-corrected chi connectivity index (χ2v) is 9.52. The molecule has 30 heavy (non-hydrogen) atoms. The minimum atomic E-state index is -0.594. The lowest BCUT2D eigenvalue weighted by molar-refractivity contribution is 0.0289. The fourth-order valence-corrected chi connectivity index (χ4v) is 4.24. The second kappa shape index (κ2) is 7.62. The SMILES string of the molecule is CC(C)(C)OC(=O)N1CCC(n2cnc3c(CO)nc4c(F)c(Br)c(Cl)cc4c32)C1. The van der Waals surface area contributed by atoms with Gasteiger partial charge in [-0.2, -0.15) is 0 Å². The van der Waals surface area contributed by atoms with Crippen LogP contribution in [0.1, 0.15) is 38.9 Å². The molecule has 1 atom stereocenters. The molecular formula is C20H21BrClFN4O3. The van der Waals surface area contributed by atoms with Gasteiger partial charge in [-0.15, -0.1) is 0 Å². The van der Waals surface area contributed by atoms with Gasteiger partial charge in [0.2, 0.25) is 0 Å². The largest absolute Gasteiger partial charge is 0.444 e. The van der Waals surface area contributed by atoms with Crippen LogP contribution in [0.5, 0.6) is 0 Å². The first-order valence-corrected chi connectivity index (χ1v) is 10.7. The van der Waals surface area contributed by atoms with Crippen molar-refractivity contribution in [1.29, 1.82) is 0 Å². The minimum Gasteiger partial charge on any atom is -0.444 e. The number of imidazole rings is 1. The average molecular weight is 500 g/mol. The first kappa shape index (κ1) is 21.3. The number of ether oxygens (including phenoxy) is 1. The van der Waals surface area contributed by atoms with Crippen molar-refractivity contribution in [1.82, 2.24) is 19.4 Å². The van der Waals surface area contributed by atoms with Gasteiger partial charge in [0.15, 0.2) is 5.82 Å². The van der Waals surface area contributed by atoms with Crippen LogP contribution in [0.2, 0.25) is 5.02 Å². The van der Waals surface area contributed by atoms with E-state index in [-0.39, 0.29) is 39.4 Å². The smallest absolute Gasteiger partial charge is 0.410 e. The number of carbonyl (C=O) groups is 1. The summed E-state index contributed by atoms with van der Waals surface area (Å²) >= 11 is 9.35. The van der Waals surface area contributed by atoms with Crippen LogP contribution in [-0.4, -0.2) is 49.3 Å². The van der Waals surface area contributed by atoms with Gasteiger partial charge in [-0.25, -0.2) is 19.2 Å². The predicted molar refractivity (Wildman–Crippen MR) is 115 cm³/mol. The third kappa shape index (κ3) is 3.63. The van der Waals surface area contributed by atoms with E-state index in [1.165, 1.54) is 0 Å². The normalized spacial score (nSPS) is 17.3. The van der Waals surface area contributed by atoms with Crippen molar-refractivity contribution in [2.24, 2.45) is 0 Å². The molecule has 1 unspecified atom stereocenters. The van der Waals surface area contributed by atoms with Crippen LogP contribution in [0.15, 0.2) is 16.9 Å². The lowest BCUT2D eigenvalue weighted by atomic mass is 10.1. The van der Waals surface area contributed by atoms with Gasteiger partial charge in [-0.3, -0.25) is 0 Å². The summed E-state index contributed by atoms with van der Waals surface area (Å²) in [5.74, 6) is -0.594. The zero-order chi connectivity index (χ0) is 21.8. The quantitative estimate of drug-likeness (QED) is 0.512. The minimum absolute atomic E-state index is 0.0786. The number of fused-ring (bicyclic) bond motifs is 3. The fourth-order valence-electron chi connectivity index (χ4n) is 3.75. The lowest BCUT2D eigenvalue weighted by Gasteiger charge is -2.24. The molecule has 1 aromatic carbocycles. The number of likely N-dealkylation sites (tertiary alicyclic amines) is 1. The van der Waals surface area contributed by atoms with E-state index in [9.17, 15) is 14.3 Å². The highest BCUT2D eigenvalue weighted by atomic mass is 79.9. The number of pyridine rings is 1. The van der Waals surface area contributed by atoms with Crippen LogP contribution in [-0.2, 0) is 11.3 Å². The summed E-state index contributed by atoms with van der Waals surface area (Å²) in [7, 11) is 0. The summed E-state index contributed by atoms with van der Waals surface area (Å²) in [6.45, 7) is 6.08. The number of aliphatic hydroxyl groups is 1. The van der Waals surface area contributed by atoms with E-state index in [0.717, 1.165) is 0 Å². The maximum atomic E-state index is 14.9. The third-order valence-corrected chi connectivity index (χ3v) is 6.37. The molecule has 1 saturated heterocycles. The molecular weight excluding hydrogens is 479 g/mol. The van der Waals surface area contributed by atoms with E-state index in [0.29, 0.717) is 35.9 Å². The predicted octanol–water partition coefficient (Wildman–Crippen LogP) is 4.81. The van der Waals surface area contributed by atoms with Crippen LogP contribution in [0.4, 0.5) is 9.18 Å². The molecule has 0 aliphatic carbocycles. The number of carbonyl (C=O) groups excluding carboxylic acids is 1. The first-order chi connectivity index (χ1) is 14.1. The molecule has 1 N–H and O–H groups in total. The Morgan fingerprint density at radius 2 is 2.17 bits per heavy atom. The molecule has 0 saturated carbocycles. The van der Waals surface area contributed by atoms with E-state index in [2.05, 4.69) is 25.9 Å². The maximum Gasteiger partial charge on any atom is 0.410 e. The van der Waals surface area contributed by atoms with E-state index in [4.69, 9.17) is 16.3 Å². The van der Waals surface area contributed by atoms with E-state index >= 15 is 0 Å². The van der Waals surface area contributed by atoms with Gasteiger partial charge >= 0.3 is 6.09 Å². The molecule has 3 heterocycles. The van der Waals surface area contributed by atoms with Crippen molar-refractivity contribution in [3.05, 3.63) is 33.4 Å². The van der Waals surface area contributed by atoms with Crippen molar-refractivity contribution < 1.29 is 19.0 Å². The molecule has 10 heteroatoms. The fraction of sp³-hybridized carbons (Fsp3) is 0.450. The number of benzene rings is 1. The Morgan fingerprint density at radius 3 is 2.83 bits per heavy atom. The maximum absolute atomic E-state index is 14.9. The molecule has 1 aliphatic heterocycles. The van der Waals surface area contributed by atoms with E-state index < -0.39 is 11.4 Å². The van der Waals surface area contributed by atoms with E-state index in [1.54, 1.807) is 17.3 Å². The van der Waals surface area contributed by atoms with Gasteiger partial charge < -0.3 is 19.3 Å². The molecule has 4 rings (SSSR count). The molecule has 1 amide bonds. The van der Waals surface area contributed by atoms with Crippen molar-refractivity contribution in [3.8, 4) is 0 Å². The summed E-state index contributed by atoms with van der Waals surface area (Å²) in [6, 6.07) is 1.56. The molecule has 160 valence electrons. The third-order valence-electron chi connectivity index (χ3n) is 5.06. The van der Waals surface area contributed by atoms with Gasteiger partial charge in [0.1, 0.15) is 16.6 Å². The second-order valence-electron chi connectivity index (χ2n) is 8.32. The van der Waals surface area contributed by atoms with Crippen LogP contribution >= 0.6 is 27.5 Å². The zero-order valence-electron chi connectivity index (χ0n) is 16.7. The van der Waals surface area contributed by atoms with Crippen LogP contribution in [0.3, 0.4) is 0 Å². The molecule has 2 aromatic heterocycles. The van der Waals surface area contributed by atoms with Gasteiger partial charge in [0.25, 0.3) is 0 Å². The van der Waals surface area contributed by atoms with Crippen molar-refractivity contribution in [2.75, 3.05) is 13.1 Å².